The minimum absolute atomic E-state index is 0.465. The number of aromatic nitrogens is 3. The lowest BCUT2D eigenvalue weighted by Crippen LogP contribution is -2.45. The molecule has 0 unspecified atom stereocenters. The Hall–Kier alpha value is -2.83. The molecule has 1 aromatic heterocycles. The van der Waals surface area contributed by atoms with E-state index in [1.165, 1.54) is 11.3 Å². The second-order valence-electron chi connectivity index (χ2n) is 7.35. The third kappa shape index (κ3) is 4.35. The largest absolute Gasteiger partial charge is 0.364 e. The molecule has 1 fully saturated rings. The molecule has 2 aliphatic rings. The van der Waals surface area contributed by atoms with Crippen LogP contribution in [0.25, 0.3) is 0 Å². The molecule has 0 amide bonds. The van der Waals surface area contributed by atoms with E-state index in [0.29, 0.717) is 12.5 Å². The minimum Gasteiger partial charge on any atom is -0.364 e. The zero-order chi connectivity index (χ0) is 19.2. The Kier molecular flexibility index (Phi) is 5.89. The Morgan fingerprint density at radius 3 is 2.79 bits per heavy atom. The highest BCUT2D eigenvalue weighted by Gasteiger charge is 2.24. The molecule has 4 rings (SSSR count). The van der Waals surface area contributed by atoms with Crippen molar-refractivity contribution in [1.82, 2.24) is 25.4 Å². The Morgan fingerprint density at radius 2 is 2.07 bits per heavy atom. The van der Waals surface area contributed by atoms with Gasteiger partial charge >= 0.3 is 0 Å². The number of hydrogen-bond acceptors (Lipinski definition) is 4. The molecule has 0 atom stereocenters. The summed E-state index contributed by atoms with van der Waals surface area (Å²) in [7, 11) is 0. The second-order valence-corrected chi connectivity index (χ2v) is 7.35. The average molecular weight is 380 g/mol. The Balaban J connectivity index is 1.39. The third-order valence-corrected chi connectivity index (χ3v) is 5.46. The van der Waals surface area contributed by atoms with Gasteiger partial charge in [0.1, 0.15) is 12.2 Å². The third-order valence-electron chi connectivity index (χ3n) is 5.46. The van der Waals surface area contributed by atoms with E-state index in [1.807, 2.05) is 0 Å². The fourth-order valence-electron chi connectivity index (χ4n) is 3.91. The number of hydrogen-bond donors (Lipinski definition) is 2. The van der Waals surface area contributed by atoms with Crippen molar-refractivity contribution in [1.29, 1.82) is 0 Å². The molecule has 7 heteroatoms. The van der Waals surface area contributed by atoms with Crippen molar-refractivity contribution >= 4 is 11.6 Å². The van der Waals surface area contributed by atoms with Gasteiger partial charge in [0, 0.05) is 44.3 Å². The van der Waals surface area contributed by atoms with Gasteiger partial charge in [0.15, 0.2) is 5.96 Å². The van der Waals surface area contributed by atoms with E-state index in [-0.39, 0.29) is 0 Å². The molecule has 2 aliphatic heterocycles. The van der Waals surface area contributed by atoms with Crippen LogP contribution in [0.5, 0.6) is 0 Å². The summed E-state index contributed by atoms with van der Waals surface area (Å²) in [5.74, 6) is 2.48. The van der Waals surface area contributed by atoms with Crippen molar-refractivity contribution in [3.05, 3.63) is 54.1 Å². The Morgan fingerprint density at radius 1 is 1.25 bits per heavy atom. The Labute approximate surface area is 166 Å². The van der Waals surface area contributed by atoms with E-state index in [1.54, 1.807) is 6.33 Å². The van der Waals surface area contributed by atoms with Crippen LogP contribution in [-0.4, -0.2) is 58.8 Å². The molecule has 0 radical (unpaired) electrons. The zero-order valence-corrected chi connectivity index (χ0v) is 16.5. The molecule has 2 aromatic rings. The number of rotatable bonds is 5. The number of guanidine groups is 1. The van der Waals surface area contributed by atoms with Gasteiger partial charge in [0.2, 0.25) is 0 Å². The molecule has 28 heavy (non-hydrogen) atoms. The molecule has 0 bridgehead atoms. The summed E-state index contributed by atoms with van der Waals surface area (Å²) in [6, 6.07) is 8.74. The second kappa shape index (κ2) is 8.91. The SMILES string of the molecule is CCNC(=NCc1cccc(N2CC=CC2)c1)N1CCC(c2ncn[nH]2)CC1. The molecule has 7 nitrogen and oxygen atoms in total. The van der Waals surface area contributed by atoms with Crippen LogP contribution in [0.4, 0.5) is 5.69 Å². The highest BCUT2D eigenvalue weighted by molar-refractivity contribution is 5.80. The maximum atomic E-state index is 4.92. The monoisotopic (exact) mass is 379 g/mol. The van der Waals surface area contributed by atoms with E-state index in [2.05, 4.69) is 73.6 Å². The molecule has 0 aliphatic carbocycles. The molecule has 148 valence electrons. The van der Waals surface area contributed by atoms with Crippen LogP contribution in [0, 0.1) is 0 Å². The normalized spacial score (nSPS) is 18.1. The molecule has 0 saturated carbocycles. The van der Waals surface area contributed by atoms with Crippen molar-refractivity contribution in [2.24, 2.45) is 4.99 Å². The number of nitrogens with zero attached hydrogens (tertiary/aromatic N) is 5. The number of piperidine rings is 1. The first-order valence-corrected chi connectivity index (χ1v) is 10.2. The number of anilines is 1. The van der Waals surface area contributed by atoms with Gasteiger partial charge in [-0.3, -0.25) is 5.10 Å². The number of aliphatic imine (C=N–C) groups is 1. The van der Waals surface area contributed by atoms with Crippen LogP contribution in [0.1, 0.15) is 37.1 Å². The number of likely N-dealkylation sites (tertiary alicyclic amines) is 1. The summed E-state index contributed by atoms with van der Waals surface area (Å²) < 4.78 is 0. The van der Waals surface area contributed by atoms with Crippen LogP contribution >= 0.6 is 0 Å². The van der Waals surface area contributed by atoms with Crippen LogP contribution in [0.15, 0.2) is 47.7 Å². The summed E-state index contributed by atoms with van der Waals surface area (Å²) in [6.45, 7) is 7.65. The van der Waals surface area contributed by atoms with E-state index >= 15 is 0 Å². The van der Waals surface area contributed by atoms with Crippen LogP contribution in [0.3, 0.4) is 0 Å². The minimum atomic E-state index is 0.465. The molecule has 0 spiro atoms. The lowest BCUT2D eigenvalue weighted by Gasteiger charge is -2.33. The van der Waals surface area contributed by atoms with Crippen molar-refractivity contribution in [3.8, 4) is 0 Å². The van der Waals surface area contributed by atoms with Gasteiger partial charge in [-0.2, -0.15) is 5.10 Å². The van der Waals surface area contributed by atoms with Gasteiger partial charge in [0.25, 0.3) is 0 Å². The number of benzene rings is 1. The van der Waals surface area contributed by atoms with Gasteiger partial charge in [-0.25, -0.2) is 9.98 Å². The fraction of sp³-hybridized carbons (Fsp3) is 0.476. The maximum absolute atomic E-state index is 4.92. The predicted octanol–water partition coefficient (Wildman–Crippen LogP) is 2.53. The van der Waals surface area contributed by atoms with E-state index in [0.717, 1.165) is 57.3 Å². The number of H-pyrrole nitrogens is 1. The zero-order valence-electron chi connectivity index (χ0n) is 16.5. The average Bonchev–Trinajstić information content (AvgIpc) is 3.46. The first kappa shape index (κ1) is 18.5. The van der Waals surface area contributed by atoms with Gasteiger partial charge in [-0.15, -0.1) is 0 Å². The molecule has 1 saturated heterocycles. The first-order chi connectivity index (χ1) is 13.8. The molecule has 2 N–H and O–H groups in total. The quantitative estimate of drug-likeness (QED) is 0.474. The highest BCUT2D eigenvalue weighted by atomic mass is 15.3. The summed E-state index contributed by atoms with van der Waals surface area (Å²) in [4.78, 5) is 14.0. The Bertz CT molecular complexity index is 796. The van der Waals surface area contributed by atoms with Crippen LogP contribution < -0.4 is 10.2 Å². The smallest absolute Gasteiger partial charge is 0.194 e. The first-order valence-electron chi connectivity index (χ1n) is 10.2. The van der Waals surface area contributed by atoms with Gasteiger partial charge in [-0.05, 0) is 37.5 Å². The van der Waals surface area contributed by atoms with Crippen molar-refractivity contribution in [2.45, 2.75) is 32.2 Å². The number of aromatic amines is 1. The molecular weight excluding hydrogens is 350 g/mol. The van der Waals surface area contributed by atoms with Crippen molar-refractivity contribution < 1.29 is 0 Å². The van der Waals surface area contributed by atoms with E-state index in [4.69, 9.17) is 4.99 Å². The molecule has 1 aromatic carbocycles. The van der Waals surface area contributed by atoms with Crippen LogP contribution in [-0.2, 0) is 6.54 Å². The predicted molar refractivity (Wildman–Crippen MR) is 113 cm³/mol. The van der Waals surface area contributed by atoms with E-state index < -0.39 is 0 Å². The lowest BCUT2D eigenvalue weighted by molar-refractivity contribution is 0.299. The summed E-state index contributed by atoms with van der Waals surface area (Å²) in [6.07, 6.45) is 8.17. The maximum Gasteiger partial charge on any atom is 0.194 e. The van der Waals surface area contributed by atoms with Crippen molar-refractivity contribution in [2.75, 3.05) is 37.6 Å². The molecular formula is C21H29N7. The molecule has 3 heterocycles. The van der Waals surface area contributed by atoms with Crippen molar-refractivity contribution in [3.63, 3.8) is 0 Å². The standard InChI is InChI=1S/C21H29N7/c1-2-22-21(28-12-8-18(9-13-28)20-24-16-25-26-20)23-15-17-6-5-7-19(14-17)27-10-3-4-11-27/h3-7,14,16,18H,2,8-13,15H2,1H3,(H,22,23)(H,24,25,26). The summed E-state index contributed by atoms with van der Waals surface area (Å²) >= 11 is 0. The fourth-order valence-corrected chi connectivity index (χ4v) is 3.91. The number of nitrogens with one attached hydrogen (secondary N) is 2. The topological polar surface area (TPSA) is 72.4 Å². The summed E-state index contributed by atoms with van der Waals surface area (Å²) in [5.41, 5.74) is 2.52. The highest BCUT2D eigenvalue weighted by Crippen LogP contribution is 2.25. The van der Waals surface area contributed by atoms with Crippen LogP contribution in [0.2, 0.25) is 0 Å². The van der Waals surface area contributed by atoms with Gasteiger partial charge in [0.05, 0.1) is 6.54 Å². The summed E-state index contributed by atoms with van der Waals surface area (Å²) in [5, 5.41) is 10.5. The lowest BCUT2D eigenvalue weighted by atomic mass is 9.96. The van der Waals surface area contributed by atoms with Gasteiger partial charge < -0.3 is 15.1 Å². The van der Waals surface area contributed by atoms with E-state index in [9.17, 15) is 0 Å². The van der Waals surface area contributed by atoms with Gasteiger partial charge in [-0.1, -0.05) is 24.3 Å².